The lowest BCUT2D eigenvalue weighted by atomic mass is 9.84. The zero-order chi connectivity index (χ0) is 27.4. The quantitative estimate of drug-likeness (QED) is 0.361. The van der Waals surface area contributed by atoms with E-state index in [-0.39, 0.29) is 42.1 Å². The van der Waals surface area contributed by atoms with Gasteiger partial charge < -0.3 is 25.3 Å². The van der Waals surface area contributed by atoms with E-state index in [1.807, 2.05) is 46.0 Å². The molecule has 2 fully saturated rings. The van der Waals surface area contributed by atoms with E-state index in [0.717, 1.165) is 68.3 Å². The van der Waals surface area contributed by atoms with Crippen molar-refractivity contribution in [3.8, 4) is 11.6 Å². The minimum absolute atomic E-state index is 0. The zero-order valence-corrected chi connectivity index (χ0v) is 24.5. The van der Waals surface area contributed by atoms with Crippen LogP contribution in [0.5, 0.6) is 5.75 Å². The number of nitrogens with two attached hydrogens (primary N) is 1. The smallest absolute Gasteiger partial charge is 0.225 e. The Balaban J connectivity index is 0.00000370. The molecule has 12 heteroatoms. The molecule has 3 N–H and O–H groups in total. The molecule has 3 heterocycles. The van der Waals surface area contributed by atoms with Crippen molar-refractivity contribution in [2.75, 3.05) is 37.0 Å². The largest absolute Gasteiger partial charge is 0.493 e. The van der Waals surface area contributed by atoms with E-state index in [1.165, 1.54) is 6.26 Å². The molecule has 2 aliphatic rings. The standard InChI is InChI=1S/C28H38N6O4S.ClH/c1-39(36,37)19-3-18-38-25-5-2-4-24-23(25)13-17-34(24)26-10-14-30-28(32-26)31-22-8-6-20(7-9-22)27(35)33-15-11-21(29)12-16-33;/h2,4-5,10,13-14,17,20-22H,3,6-9,11-12,15-16,18-19,29H2,1H3,(H,30,31,32);1H. The number of rotatable bonds is 9. The number of nitrogens with zero attached hydrogens (tertiary/aromatic N) is 4. The lowest BCUT2D eigenvalue weighted by Crippen LogP contribution is -2.46. The maximum Gasteiger partial charge on any atom is 0.225 e. The second-order valence-corrected chi connectivity index (χ2v) is 13.1. The Bertz CT molecular complexity index is 1400. The van der Waals surface area contributed by atoms with Gasteiger partial charge in [-0.05, 0) is 69.2 Å². The van der Waals surface area contributed by atoms with Crippen molar-refractivity contribution in [3.63, 3.8) is 0 Å². The van der Waals surface area contributed by atoms with Crippen LogP contribution in [0.2, 0.25) is 0 Å². The number of piperidine rings is 1. The van der Waals surface area contributed by atoms with Crippen molar-refractivity contribution >= 4 is 45.0 Å². The van der Waals surface area contributed by atoms with Crippen LogP contribution in [0, 0.1) is 5.92 Å². The Morgan fingerprint density at radius 1 is 1.10 bits per heavy atom. The van der Waals surface area contributed by atoms with Crippen LogP contribution >= 0.6 is 12.4 Å². The van der Waals surface area contributed by atoms with Gasteiger partial charge in [-0.25, -0.2) is 13.4 Å². The number of hydrogen-bond donors (Lipinski definition) is 2. The first-order valence-electron chi connectivity index (χ1n) is 13.8. The molecule has 0 atom stereocenters. The molecular weight excluding hydrogens is 552 g/mol. The first-order valence-corrected chi connectivity index (χ1v) is 15.9. The van der Waals surface area contributed by atoms with E-state index in [0.29, 0.717) is 24.7 Å². The molecule has 0 radical (unpaired) electrons. The Kier molecular flexibility index (Phi) is 9.91. The highest BCUT2D eigenvalue weighted by molar-refractivity contribution is 7.90. The molecule has 10 nitrogen and oxygen atoms in total. The third-order valence-corrected chi connectivity index (χ3v) is 8.79. The van der Waals surface area contributed by atoms with Gasteiger partial charge in [0.15, 0.2) is 0 Å². The van der Waals surface area contributed by atoms with Gasteiger partial charge in [-0.1, -0.05) is 6.07 Å². The molecule has 1 saturated carbocycles. The normalized spacial score (nSPS) is 20.2. The van der Waals surface area contributed by atoms with Crippen LogP contribution < -0.4 is 15.8 Å². The highest BCUT2D eigenvalue weighted by atomic mass is 35.5. The molecule has 1 aromatic carbocycles. The van der Waals surface area contributed by atoms with Crippen molar-refractivity contribution in [3.05, 3.63) is 42.7 Å². The molecule has 1 aliphatic heterocycles. The van der Waals surface area contributed by atoms with Crippen molar-refractivity contribution in [2.45, 2.75) is 57.0 Å². The minimum atomic E-state index is -3.01. The average molecular weight is 591 g/mol. The van der Waals surface area contributed by atoms with Crippen LogP contribution in [-0.4, -0.2) is 77.5 Å². The number of aromatic nitrogens is 3. The van der Waals surface area contributed by atoms with Crippen molar-refractivity contribution in [1.82, 2.24) is 19.4 Å². The minimum Gasteiger partial charge on any atom is -0.493 e. The van der Waals surface area contributed by atoms with Gasteiger partial charge in [0.1, 0.15) is 21.4 Å². The molecule has 5 rings (SSSR count). The Hall–Kier alpha value is -2.89. The summed E-state index contributed by atoms with van der Waals surface area (Å²) in [4.78, 5) is 24.2. The lowest BCUT2D eigenvalue weighted by molar-refractivity contribution is -0.137. The predicted octanol–water partition coefficient (Wildman–Crippen LogP) is 3.58. The van der Waals surface area contributed by atoms with E-state index < -0.39 is 9.84 Å². The number of fused-ring (bicyclic) bond motifs is 1. The molecule has 0 spiro atoms. The topological polar surface area (TPSA) is 132 Å². The van der Waals surface area contributed by atoms with Crippen LogP contribution in [-0.2, 0) is 14.6 Å². The summed E-state index contributed by atoms with van der Waals surface area (Å²) in [7, 11) is -3.01. The maximum atomic E-state index is 12.9. The molecule has 218 valence electrons. The fourth-order valence-electron chi connectivity index (χ4n) is 5.57. The summed E-state index contributed by atoms with van der Waals surface area (Å²) in [6.45, 7) is 1.90. The van der Waals surface area contributed by atoms with Crippen LogP contribution in [0.3, 0.4) is 0 Å². The number of likely N-dealkylation sites (tertiary alicyclic amines) is 1. The fraction of sp³-hybridized carbons (Fsp3) is 0.536. The number of carbonyl (C=O) groups is 1. The number of sulfone groups is 1. The summed E-state index contributed by atoms with van der Waals surface area (Å²) in [5, 5.41) is 4.42. The SMILES string of the molecule is CS(=O)(=O)CCCOc1cccc2c1ccn2-c1ccnc(NC2CCC(C(=O)N3CCC(N)CC3)CC2)n1.Cl. The highest BCUT2D eigenvalue weighted by Gasteiger charge is 2.31. The third kappa shape index (κ3) is 7.44. The van der Waals surface area contributed by atoms with Crippen LogP contribution in [0.25, 0.3) is 16.7 Å². The van der Waals surface area contributed by atoms with Gasteiger partial charge in [-0.3, -0.25) is 4.79 Å². The fourth-order valence-corrected chi connectivity index (χ4v) is 6.21. The van der Waals surface area contributed by atoms with Crippen LogP contribution in [0.1, 0.15) is 44.9 Å². The van der Waals surface area contributed by atoms with E-state index >= 15 is 0 Å². The summed E-state index contributed by atoms with van der Waals surface area (Å²) < 4.78 is 30.7. The van der Waals surface area contributed by atoms with Crippen LogP contribution in [0.4, 0.5) is 5.95 Å². The molecule has 2 aromatic heterocycles. The molecular formula is C28H39ClN6O4S. The summed E-state index contributed by atoms with van der Waals surface area (Å²) >= 11 is 0. The number of hydrogen-bond acceptors (Lipinski definition) is 8. The molecule has 40 heavy (non-hydrogen) atoms. The van der Waals surface area contributed by atoms with E-state index in [9.17, 15) is 13.2 Å². The van der Waals surface area contributed by atoms with Gasteiger partial charge in [0.2, 0.25) is 11.9 Å². The van der Waals surface area contributed by atoms with E-state index in [4.69, 9.17) is 15.5 Å². The van der Waals surface area contributed by atoms with Gasteiger partial charge in [0, 0.05) is 55.1 Å². The molecule has 1 saturated heterocycles. The summed E-state index contributed by atoms with van der Waals surface area (Å²) in [6.07, 6.45) is 10.7. The molecule has 0 unspecified atom stereocenters. The number of benzene rings is 1. The van der Waals surface area contributed by atoms with Gasteiger partial charge in [0.05, 0.1) is 17.9 Å². The predicted molar refractivity (Wildman–Crippen MR) is 159 cm³/mol. The van der Waals surface area contributed by atoms with Gasteiger partial charge in [-0.15, -0.1) is 12.4 Å². The van der Waals surface area contributed by atoms with E-state index in [1.54, 1.807) is 6.20 Å². The first kappa shape index (κ1) is 30.1. The van der Waals surface area contributed by atoms with Crippen LogP contribution in [0.15, 0.2) is 42.7 Å². The van der Waals surface area contributed by atoms with Gasteiger partial charge in [0.25, 0.3) is 0 Å². The lowest BCUT2D eigenvalue weighted by Gasteiger charge is -2.35. The number of nitrogens with one attached hydrogen (secondary N) is 1. The van der Waals surface area contributed by atoms with Crippen molar-refractivity contribution in [1.29, 1.82) is 0 Å². The highest BCUT2D eigenvalue weighted by Crippen LogP contribution is 2.30. The number of amides is 1. The summed E-state index contributed by atoms with van der Waals surface area (Å²) in [5.41, 5.74) is 6.94. The second kappa shape index (κ2) is 13.2. The third-order valence-electron chi connectivity index (χ3n) is 7.76. The molecule has 3 aromatic rings. The number of halogens is 1. The molecule has 0 bridgehead atoms. The van der Waals surface area contributed by atoms with E-state index in [2.05, 4.69) is 10.3 Å². The zero-order valence-electron chi connectivity index (χ0n) is 22.9. The Morgan fingerprint density at radius 3 is 2.58 bits per heavy atom. The average Bonchev–Trinajstić information content (AvgIpc) is 3.36. The second-order valence-electron chi connectivity index (χ2n) is 10.8. The van der Waals surface area contributed by atoms with Gasteiger partial charge >= 0.3 is 0 Å². The molecule has 1 amide bonds. The van der Waals surface area contributed by atoms with Gasteiger partial charge in [-0.2, -0.15) is 4.98 Å². The van der Waals surface area contributed by atoms with Crippen molar-refractivity contribution < 1.29 is 17.9 Å². The number of carbonyl (C=O) groups excluding carboxylic acids is 1. The monoisotopic (exact) mass is 590 g/mol. The number of ether oxygens (including phenoxy) is 1. The summed E-state index contributed by atoms with van der Waals surface area (Å²) in [5.74, 6) is 2.51. The Labute approximate surface area is 242 Å². The molecule has 1 aliphatic carbocycles. The summed E-state index contributed by atoms with van der Waals surface area (Å²) in [6, 6.07) is 10.1. The number of anilines is 1. The Morgan fingerprint density at radius 2 is 1.85 bits per heavy atom. The maximum absolute atomic E-state index is 12.9. The van der Waals surface area contributed by atoms with Crippen molar-refractivity contribution in [2.24, 2.45) is 11.7 Å². The first-order chi connectivity index (χ1) is 18.8.